The first-order chi connectivity index (χ1) is 24.1. The first-order valence-electron chi connectivity index (χ1n) is 17.7. The monoisotopic (exact) mass is 644 g/mol. The first kappa shape index (κ1) is 29.9. The molecule has 0 nitrogen and oxygen atoms in total. The minimum absolute atomic E-state index is 0.415. The van der Waals surface area contributed by atoms with Gasteiger partial charge in [0, 0.05) is 0 Å². The molecule has 3 aliphatic rings. The van der Waals surface area contributed by atoms with Gasteiger partial charge in [0.15, 0.2) is 0 Å². The molecule has 3 aliphatic carbocycles. The maximum absolute atomic E-state index is 2.53. The number of rotatable bonds is 6. The van der Waals surface area contributed by atoms with Gasteiger partial charge in [-0.1, -0.05) is 181 Å². The van der Waals surface area contributed by atoms with Gasteiger partial charge in [0.25, 0.3) is 0 Å². The quantitative estimate of drug-likeness (QED) is 0.158. The third-order valence-corrected chi connectivity index (χ3v) is 16.4. The molecule has 0 spiro atoms. The fourth-order valence-corrected chi connectivity index (χ4v) is 14.8. The molecule has 0 aromatic heterocycles. The molecule has 0 saturated heterocycles. The lowest BCUT2D eigenvalue weighted by Gasteiger charge is -2.38. The summed E-state index contributed by atoms with van der Waals surface area (Å²) >= 11 is 0. The lowest BCUT2D eigenvalue weighted by atomic mass is 9.97. The van der Waals surface area contributed by atoms with Crippen molar-refractivity contribution in [3.63, 3.8) is 0 Å². The predicted molar refractivity (Wildman–Crippen MR) is 212 cm³/mol. The molecular weight excluding hydrogens is 605 g/mol. The van der Waals surface area contributed by atoms with Crippen LogP contribution in [0.3, 0.4) is 0 Å². The van der Waals surface area contributed by atoms with Gasteiger partial charge in [0.2, 0.25) is 0 Å². The van der Waals surface area contributed by atoms with E-state index in [1.54, 1.807) is 0 Å². The van der Waals surface area contributed by atoms with E-state index in [1.807, 2.05) is 0 Å². The first-order valence-corrected chi connectivity index (χ1v) is 19.7. The van der Waals surface area contributed by atoms with Gasteiger partial charge in [0.1, 0.15) is 0 Å². The van der Waals surface area contributed by atoms with Gasteiger partial charge in [-0.15, -0.1) is 0 Å². The van der Waals surface area contributed by atoms with E-state index in [0.717, 1.165) is 0 Å². The number of hydrogen-bond donors (Lipinski definition) is 0. The van der Waals surface area contributed by atoms with Crippen molar-refractivity contribution in [1.82, 2.24) is 0 Å². The summed E-state index contributed by atoms with van der Waals surface area (Å²) in [4.78, 5) is 0. The van der Waals surface area contributed by atoms with Crippen molar-refractivity contribution in [2.24, 2.45) is 0 Å². The Balaban J connectivity index is 1.26. The molecule has 0 radical (unpaired) electrons. The minimum Gasteiger partial charge on any atom is -0.0682 e. The van der Waals surface area contributed by atoms with Crippen molar-refractivity contribution in [3.8, 4) is 33.4 Å². The summed E-state index contributed by atoms with van der Waals surface area (Å²) in [5, 5.41) is 0. The normalized spacial score (nSPS) is 19.4. The largest absolute Gasteiger partial charge is 0.0753 e. The highest BCUT2D eigenvalue weighted by Crippen LogP contribution is 2.56. The van der Waals surface area contributed by atoms with Gasteiger partial charge in [-0.25, -0.2) is 0 Å². The van der Waals surface area contributed by atoms with Crippen LogP contribution >= 0.6 is 0 Å². The van der Waals surface area contributed by atoms with Crippen LogP contribution in [0, 0.1) is 0 Å². The fraction of sp³-hybridized carbons (Fsp3) is 0.125. The van der Waals surface area contributed by atoms with Crippen LogP contribution in [-0.4, -0.2) is 8.80 Å². The third kappa shape index (κ3) is 4.87. The second-order valence-corrected chi connectivity index (χ2v) is 17.4. The minimum atomic E-state index is -1.82. The Morgan fingerprint density at radius 2 is 0.612 bits per heavy atom. The maximum Gasteiger partial charge on any atom is 0.0753 e. The summed E-state index contributed by atoms with van der Waals surface area (Å²) < 4.78 is 0. The second-order valence-electron chi connectivity index (χ2n) is 14.2. The van der Waals surface area contributed by atoms with Crippen LogP contribution in [0.15, 0.2) is 162 Å². The zero-order valence-corrected chi connectivity index (χ0v) is 29.6. The summed E-state index contributed by atoms with van der Waals surface area (Å²) in [5.74, 6) is 0. The van der Waals surface area contributed by atoms with Crippen molar-refractivity contribution in [3.05, 3.63) is 196 Å². The lowest BCUT2D eigenvalue weighted by Crippen LogP contribution is -2.38. The number of fused-ring (bicyclic) bond motifs is 3. The van der Waals surface area contributed by atoms with Crippen LogP contribution in [0.4, 0.5) is 0 Å². The Hall–Kier alpha value is -5.24. The molecule has 6 aromatic rings. The summed E-state index contributed by atoms with van der Waals surface area (Å²) in [6, 6.07) is 54.1. The third-order valence-electron chi connectivity index (χ3n) is 11.4. The number of allylic oxidation sites excluding steroid dienone is 3. The SMILES string of the molecule is CC1=Cc2c(-c3ccccc3)cccc2C1[SiH](C1C(C)=Cc2c(-c3ccccc3)cccc21)C1C(C)=Cc2c(-c3ccccc3)cccc21. The molecule has 0 aliphatic heterocycles. The van der Waals surface area contributed by atoms with Crippen LogP contribution in [0.25, 0.3) is 51.6 Å². The summed E-state index contributed by atoms with van der Waals surface area (Å²) in [5.41, 5.74) is 22.6. The molecule has 0 amide bonds. The van der Waals surface area contributed by atoms with Crippen molar-refractivity contribution in [2.75, 3.05) is 0 Å². The van der Waals surface area contributed by atoms with E-state index < -0.39 is 8.80 Å². The Morgan fingerprint density at radius 1 is 0.327 bits per heavy atom. The van der Waals surface area contributed by atoms with Crippen molar-refractivity contribution >= 4 is 27.0 Å². The fourth-order valence-electron chi connectivity index (χ4n) is 9.45. The van der Waals surface area contributed by atoms with Crippen molar-refractivity contribution < 1.29 is 0 Å². The Morgan fingerprint density at radius 3 is 0.898 bits per heavy atom. The molecule has 6 aromatic carbocycles. The zero-order valence-electron chi connectivity index (χ0n) is 28.4. The van der Waals surface area contributed by atoms with E-state index in [2.05, 4.69) is 185 Å². The highest BCUT2D eigenvalue weighted by atomic mass is 28.3. The highest BCUT2D eigenvalue weighted by molar-refractivity contribution is 6.67. The van der Waals surface area contributed by atoms with Gasteiger partial charge >= 0.3 is 0 Å². The van der Waals surface area contributed by atoms with Gasteiger partial charge in [-0.05, 0) is 104 Å². The summed E-state index contributed by atoms with van der Waals surface area (Å²) in [7, 11) is -1.82. The molecule has 3 atom stereocenters. The second kappa shape index (κ2) is 12.0. The molecule has 236 valence electrons. The van der Waals surface area contributed by atoms with Crippen molar-refractivity contribution in [2.45, 2.75) is 37.4 Å². The Bertz CT molecular complexity index is 2040. The van der Waals surface area contributed by atoms with Crippen molar-refractivity contribution in [1.29, 1.82) is 0 Å². The zero-order chi connectivity index (χ0) is 33.1. The van der Waals surface area contributed by atoms with E-state index in [0.29, 0.717) is 16.6 Å². The highest BCUT2D eigenvalue weighted by Gasteiger charge is 2.47. The molecule has 0 N–H and O–H groups in total. The van der Waals surface area contributed by atoms with E-state index in [-0.39, 0.29) is 0 Å². The van der Waals surface area contributed by atoms with Gasteiger partial charge < -0.3 is 0 Å². The number of benzene rings is 6. The molecule has 1 heteroatoms. The Kier molecular flexibility index (Phi) is 7.33. The van der Waals surface area contributed by atoms with Crippen LogP contribution in [0.5, 0.6) is 0 Å². The Labute approximate surface area is 292 Å². The van der Waals surface area contributed by atoms with E-state index in [9.17, 15) is 0 Å². The summed E-state index contributed by atoms with van der Waals surface area (Å²) in [6.45, 7) is 7.26. The van der Waals surface area contributed by atoms with E-state index in [4.69, 9.17) is 0 Å². The van der Waals surface area contributed by atoms with Crippen LogP contribution in [0.2, 0.25) is 0 Å². The number of hydrogen-bond acceptors (Lipinski definition) is 0. The topological polar surface area (TPSA) is 0 Å². The van der Waals surface area contributed by atoms with Crippen LogP contribution in [0.1, 0.15) is 70.8 Å². The molecule has 0 bridgehead atoms. The predicted octanol–water partition coefficient (Wildman–Crippen LogP) is 12.4. The van der Waals surface area contributed by atoms with E-state index >= 15 is 0 Å². The molecule has 3 unspecified atom stereocenters. The van der Waals surface area contributed by atoms with Crippen LogP contribution in [-0.2, 0) is 0 Å². The average Bonchev–Trinajstić information content (AvgIpc) is 3.79. The van der Waals surface area contributed by atoms with E-state index in [1.165, 1.54) is 83.5 Å². The summed E-state index contributed by atoms with van der Waals surface area (Å²) in [6.07, 6.45) is 7.60. The molecular formula is C48H40Si. The van der Waals surface area contributed by atoms with Crippen LogP contribution < -0.4 is 0 Å². The molecule has 49 heavy (non-hydrogen) atoms. The van der Waals surface area contributed by atoms with Gasteiger partial charge in [-0.3, -0.25) is 0 Å². The average molecular weight is 645 g/mol. The smallest absolute Gasteiger partial charge is 0.0682 e. The molecule has 0 saturated carbocycles. The standard InChI is InChI=1S/C48H40Si/c1-31-28-43-37(34-16-7-4-8-17-34)22-13-25-40(43)46(31)49(47-32(2)29-44-38(23-14-26-41(44)47)35-18-9-5-10-19-35)48-33(3)30-45-39(24-15-27-42(45)48)36-20-11-6-12-21-36/h4-30,46-49H,1-3H3. The lowest BCUT2D eigenvalue weighted by molar-refractivity contribution is 0.928. The van der Waals surface area contributed by atoms with Gasteiger partial charge in [-0.2, -0.15) is 0 Å². The molecule has 0 heterocycles. The molecule has 0 fully saturated rings. The molecule has 9 rings (SSSR count). The van der Waals surface area contributed by atoms with Gasteiger partial charge in [0.05, 0.1) is 8.80 Å². The maximum atomic E-state index is 2.53.